The zero-order valence-electron chi connectivity index (χ0n) is 17.5. The molecule has 9 heteroatoms. The number of hydrogen-bond acceptors (Lipinski definition) is 5. The van der Waals surface area contributed by atoms with Gasteiger partial charge in [0.05, 0.1) is 11.4 Å². The lowest BCUT2D eigenvalue weighted by molar-refractivity contribution is -0.130. The van der Waals surface area contributed by atoms with E-state index < -0.39 is 28.4 Å². The lowest BCUT2D eigenvalue weighted by atomic mass is 10.0. The summed E-state index contributed by atoms with van der Waals surface area (Å²) in [4.78, 5) is 23.9. The number of nitrogens with one attached hydrogen (secondary N) is 2. The van der Waals surface area contributed by atoms with Gasteiger partial charge in [-0.05, 0) is 42.7 Å². The molecule has 0 aromatic heterocycles. The summed E-state index contributed by atoms with van der Waals surface area (Å²) in [6.07, 6.45) is 0. The molecule has 30 heavy (non-hydrogen) atoms. The number of carbonyl (C=O) groups excluding carboxylic acids is 2. The van der Waals surface area contributed by atoms with Crippen molar-refractivity contribution in [1.82, 2.24) is 15.2 Å². The monoisotopic (exact) mass is 433 g/mol. The highest BCUT2D eigenvalue weighted by molar-refractivity contribution is 7.89. The van der Waals surface area contributed by atoms with Crippen molar-refractivity contribution in [2.75, 3.05) is 20.2 Å². The zero-order valence-corrected chi connectivity index (χ0v) is 18.3. The van der Waals surface area contributed by atoms with Crippen LogP contribution in [0.25, 0.3) is 0 Å². The number of rotatable bonds is 8. The summed E-state index contributed by atoms with van der Waals surface area (Å²) in [7, 11) is -2.52. The molecule has 0 radical (unpaired) electrons. The van der Waals surface area contributed by atoms with Gasteiger partial charge in [0.2, 0.25) is 10.0 Å². The normalized spacial score (nSPS) is 11.4. The van der Waals surface area contributed by atoms with Gasteiger partial charge in [-0.3, -0.25) is 20.4 Å². The molecule has 8 nitrogen and oxygen atoms in total. The lowest BCUT2D eigenvalue weighted by Gasteiger charge is -2.17. The number of nitrogens with zero attached hydrogens (tertiary/aromatic N) is 1. The molecule has 0 unspecified atom stereocenters. The standard InChI is InChI=1S/C21H27N3O5S/c1-15(2)17-7-9-18(10-8-17)29-14-21(26)23-22-20(25)13-24(4)30(27,28)19-11-5-16(3)6-12-19/h5-12,15H,13-14H2,1-4H3,(H,22,25)(H,23,26). The Labute approximate surface area is 177 Å². The predicted octanol–water partition coefficient (Wildman–Crippen LogP) is 1.97. The van der Waals surface area contributed by atoms with Crippen molar-refractivity contribution in [2.24, 2.45) is 0 Å². The van der Waals surface area contributed by atoms with Crippen LogP contribution in [-0.4, -0.2) is 44.7 Å². The molecule has 0 atom stereocenters. The Kier molecular flexibility index (Phi) is 7.96. The number of benzene rings is 2. The molecule has 0 fully saturated rings. The minimum absolute atomic E-state index is 0.0873. The SMILES string of the molecule is Cc1ccc(S(=O)(=O)N(C)CC(=O)NNC(=O)COc2ccc(C(C)C)cc2)cc1. The Morgan fingerprint density at radius 2 is 1.53 bits per heavy atom. The molecule has 0 bridgehead atoms. The first-order valence-corrected chi connectivity index (χ1v) is 10.9. The van der Waals surface area contributed by atoms with Gasteiger partial charge in [0.15, 0.2) is 6.61 Å². The van der Waals surface area contributed by atoms with Crippen LogP contribution >= 0.6 is 0 Å². The maximum absolute atomic E-state index is 12.5. The van der Waals surface area contributed by atoms with Crippen molar-refractivity contribution >= 4 is 21.8 Å². The number of hydrazine groups is 1. The highest BCUT2D eigenvalue weighted by Gasteiger charge is 2.23. The van der Waals surface area contributed by atoms with Crippen LogP contribution in [0.1, 0.15) is 30.9 Å². The van der Waals surface area contributed by atoms with Crippen LogP contribution in [0.3, 0.4) is 0 Å². The third-order valence-electron chi connectivity index (χ3n) is 4.35. The van der Waals surface area contributed by atoms with Crippen LogP contribution in [0.15, 0.2) is 53.4 Å². The van der Waals surface area contributed by atoms with Gasteiger partial charge in [0.25, 0.3) is 11.8 Å². The maximum Gasteiger partial charge on any atom is 0.276 e. The van der Waals surface area contributed by atoms with Gasteiger partial charge in [-0.15, -0.1) is 0 Å². The van der Waals surface area contributed by atoms with Crippen LogP contribution in [0, 0.1) is 6.92 Å². The molecule has 2 rings (SSSR count). The van der Waals surface area contributed by atoms with E-state index in [0.29, 0.717) is 11.7 Å². The fraction of sp³-hybridized carbons (Fsp3) is 0.333. The summed E-state index contributed by atoms with van der Waals surface area (Å²) in [5.41, 5.74) is 6.47. The fourth-order valence-electron chi connectivity index (χ4n) is 2.49. The second-order valence-electron chi connectivity index (χ2n) is 7.18. The van der Waals surface area contributed by atoms with Gasteiger partial charge in [-0.2, -0.15) is 4.31 Å². The highest BCUT2D eigenvalue weighted by atomic mass is 32.2. The van der Waals surface area contributed by atoms with Crippen LogP contribution in [0.4, 0.5) is 0 Å². The molecule has 0 heterocycles. The molecule has 162 valence electrons. The van der Waals surface area contributed by atoms with Crippen LogP contribution in [0.2, 0.25) is 0 Å². The van der Waals surface area contributed by atoms with Gasteiger partial charge < -0.3 is 4.74 Å². The lowest BCUT2D eigenvalue weighted by Crippen LogP contribution is -2.48. The smallest absolute Gasteiger partial charge is 0.276 e. The fourth-order valence-corrected chi connectivity index (χ4v) is 3.62. The van der Waals surface area contributed by atoms with Gasteiger partial charge in [-0.25, -0.2) is 8.42 Å². The van der Waals surface area contributed by atoms with E-state index in [2.05, 4.69) is 24.7 Å². The Morgan fingerprint density at radius 3 is 2.10 bits per heavy atom. The first-order valence-electron chi connectivity index (χ1n) is 9.43. The first kappa shape index (κ1) is 23.4. The van der Waals surface area contributed by atoms with E-state index >= 15 is 0 Å². The number of hydrogen-bond donors (Lipinski definition) is 2. The summed E-state index contributed by atoms with van der Waals surface area (Å²) in [5, 5.41) is 0. The van der Waals surface area contributed by atoms with Gasteiger partial charge >= 0.3 is 0 Å². The van der Waals surface area contributed by atoms with Crippen molar-refractivity contribution in [3.8, 4) is 5.75 Å². The number of ether oxygens (including phenoxy) is 1. The largest absolute Gasteiger partial charge is 0.484 e. The van der Waals surface area contributed by atoms with E-state index in [1.165, 1.54) is 19.2 Å². The van der Waals surface area contributed by atoms with Crippen molar-refractivity contribution in [3.05, 3.63) is 59.7 Å². The minimum atomic E-state index is -3.81. The quantitative estimate of drug-likeness (QED) is 0.620. The third-order valence-corrected chi connectivity index (χ3v) is 6.17. The molecule has 2 aromatic carbocycles. The van der Waals surface area contributed by atoms with E-state index in [-0.39, 0.29) is 11.5 Å². The van der Waals surface area contributed by atoms with E-state index in [4.69, 9.17) is 4.74 Å². The van der Waals surface area contributed by atoms with Gasteiger partial charge in [0, 0.05) is 7.05 Å². The summed E-state index contributed by atoms with van der Waals surface area (Å²) >= 11 is 0. The van der Waals surface area contributed by atoms with E-state index in [9.17, 15) is 18.0 Å². The molecule has 0 aliphatic rings. The number of carbonyl (C=O) groups is 2. The van der Waals surface area contributed by atoms with Crippen LogP contribution in [0.5, 0.6) is 5.75 Å². The van der Waals surface area contributed by atoms with Crippen molar-refractivity contribution in [3.63, 3.8) is 0 Å². The molecule has 0 saturated heterocycles. The van der Waals surface area contributed by atoms with Crippen molar-refractivity contribution in [2.45, 2.75) is 31.6 Å². The number of amides is 2. The van der Waals surface area contributed by atoms with E-state index in [0.717, 1.165) is 15.4 Å². The number of aryl methyl sites for hydroxylation is 1. The molecule has 2 amide bonds. The molecule has 0 saturated carbocycles. The summed E-state index contributed by atoms with van der Waals surface area (Å²) in [6.45, 7) is 5.26. The molecular formula is C21H27N3O5S. The summed E-state index contributed by atoms with van der Waals surface area (Å²) in [6, 6.07) is 13.7. The topological polar surface area (TPSA) is 105 Å². The predicted molar refractivity (Wildman–Crippen MR) is 113 cm³/mol. The average molecular weight is 434 g/mol. The molecular weight excluding hydrogens is 406 g/mol. The summed E-state index contributed by atoms with van der Waals surface area (Å²) in [5.74, 6) is -0.321. The average Bonchev–Trinajstić information content (AvgIpc) is 2.71. The first-order chi connectivity index (χ1) is 14.1. The Morgan fingerprint density at radius 1 is 0.967 bits per heavy atom. The molecule has 2 N–H and O–H groups in total. The summed E-state index contributed by atoms with van der Waals surface area (Å²) < 4.78 is 31.2. The second-order valence-corrected chi connectivity index (χ2v) is 9.23. The second kappa shape index (κ2) is 10.2. The highest BCUT2D eigenvalue weighted by Crippen LogP contribution is 2.18. The zero-order chi connectivity index (χ0) is 22.3. The van der Waals surface area contributed by atoms with Crippen LogP contribution in [-0.2, 0) is 19.6 Å². The Bertz CT molecular complexity index is 971. The van der Waals surface area contributed by atoms with Crippen molar-refractivity contribution < 1.29 is 22.7 Å². The third kappa shape index (κ3) is 6.57. The number of sulfonamides is 1. The maximum atomic E-state index is 12.5. The number of likely N-dealkylation sites (N-methyl/N-ethyl adjacent to an activating group) is 1. The minimum Gasteiger partial charge on any atom is -0.484 e. The molecule has 0 aliphatic heterocycles. The molecule has 0 aliphatic carbocycles. The molecule has 2 aromatic rings. The van der Waals surface area contributed by atoms with Crippen molar-refractivity contribution in [1.29, 1.82) is 0 Å². The van der Waals surface area contributed by atoms with Gasteiger partial charge in [0.1, 0.15) is 5.75 Å². The van der Waals surface area contributed by atoms with Crippen LogP contribution < -0.4 is 15.6 Å². The van der Waals surface area contributed by atoms with E-state index in [1.807, 2.05) is 19.1 Å². The Hall–Kier alpha value is -2.91. The Balaban J connectivity index is 1.79. The van der Waals surface area contributed by atoms with E-state index in [1.54, 1.807) is 24.3 Å². The van der Waals surface area contributed by atoms with Gasteiger partial charge in [-0.1, -0.05) is 43.7 Å². The molecule has 0 spiro atoms.